The Morgan fingerprint density at radius 2 is 2.04 bits per heavy atom. The van der Waals surface area contributed by atoms with Crippen LogP contribution in [0.1, 0.15) is 40.6 Å². The van der Waals surface area contributed by atoms with Gasteiger partial charge in [0.25, 0.3) is 5.91 Å². The Morgan fingerprint density at radius 1 is 1.26 bits per heavy atom. The van der Waals surface area contributed by atoms with Crippen LogP contribution in [0.3, 0.4) is 0 Å². The highest BCUT2D eigenvalue weighted by molar-refractivity contribution is 6.35. The zero-order valence-electron chi connectivity index (χ0n) is 14.7. The quantitative estimate of drug-likeness (QED) is 0.639. The number of aromatic nitrogens is 2. The van der Waals surface area contributed by atoms with Gasteiger partial charge in [0.2, 0.25) is 11.7 Å². The SMILES string of the molecule is Cc1nc(COc2ccccc2C(=O)N[C@H](C)c2ccc(Cl)cc2Cl)no1. The molecule has 1 heterocycles. The summed E-state index contributed by atoms with van der Waals surface area (Å²) in [5.41, 5.74) is 1.17. The van der Waals surface area contributed by atoms with Gasteiger partial charge >= 0.3 is 0 Å². The van der Waals surface area contributed by atoms with Crippen LogP contribution >= 0.6 is 23.2 Å². The second-order valence-electron chi connectivity index (χ2n) is 5.88. The monoisotopic (exact) mass is 405 g/mol. The third kappa shape index (κ3) is 4.78. The van der Waals surface area contributed by atoms with Crippen LogP contribution in [-0.4, -0.2) is 16.0 Å². The number of aryl methyl sites for hydroxylation is 1. The van der Waals surface area contributed by atoms with Crippen LogP contribution in [0.2, 0.25) is 10.0 Å². The third-order valence-electron chi connectivity index (χ3n) is 3.83. The van der Waals surface area contributed by atoms with Gasteiger partial charge in [-0.05, 0) is 36.8 Å². The van der Waals surface area contributed by atoms with E-state index in [1.54, 1.807) is 49.4 Å². The molecule has 1 atom stereocenters. The molecule has 0 spiro atoms. The lowest BCUT2D eigenvalue weighted by atomic mass is 10.1. The maximum atomic E-state index is 12.7. The number of hydrogen-bond acceptors (Lipinski definition) is 5. The molecular formula is C19H17Cl2N3O3. The standard InChI is InChI=1S/C19H17Cl2N3O3/c1-11(14-8-7-13(20)9-16(14)21)22-19(25)15-5-3-4-6-17(15)26-10-18-23-12(2)27-24-18/h3-9,11H,10H2,1-2H3,(H,22,25)/t11-/m1/s1. The van der Waals surface area contributed by atoms with Crippen molar-refractivity contribution < 1.29 is 14.1 Å². The molecule has 0 unspecified atom stereocenters. The van der Waals surface area contributed by atoms with Crippen molar-refractivity contribution in [3.63, 3.8) is 0 Å². The molecule has 6 nitrogen and oxygen atoms in total. The molecule has 3 rings (SSSR count). The summed E-state index contributed by atoms with van der Waals surface area (Å²) >= 11 is 12.1. The Labute approximate surface area is 166 Å². The van der Waals surface area contributed by atoms with Crippen LogP contribution in [-0.2, 0) is 6.61 Å². The minimum atomic E-state index is -0.310. The van der Waals surface area contributed by atoms with E-state index in [1.807, 2.05) is 6.92 Å². The fraction of sp³-hybridized carbons (Fsp3) is 0.211. The topological polar surface area (TPSA) is 77.2 Å². The fourth-order valence-electron chi connectivity index (χ4n) is 2.53. The summed E-state index contributed by atoms with van der Waals surface area (Å²) in [7, 11) is 0. The van der Waals surface area contributed by atoms with Crippen LogP contribution in [0, 0.1) is 6.92 Å². The van der Waals surface area contributed by atoms with E-state index >= 15 is 0 Å². The average Bonchev–Trinajstić information content (AvgIpc) is 3.05. The molecule has 1 aromatic heterocycles. The minimum absolute atomic E-state index is 0.0974. The molecule has 0 aliphatic rings. The maximum Gasteiger partial charge on any atom is 0.255 e. The van der Waals surface area contributed by atoms with Crippen LogP contribution in [0.15, 0.2) is 47.0 Å². The second-order valence-corrected chi connectivity index (χ2v) is 6.72. The van der Waals surface area contributed by atoms with Gasteiger partial charge < -0.3 is 14.6 Å². The van der Waals surface area contributed by atoms with E-state index in [0.717, 1.165) is 5.56 Å². The molecule has 0 bridgehead atoms. The van der Waals surface area contributed by atoms with Crippen LogP contribution in [0.5, 0.6) is 5.75 Å². The van der Waals surface area contributed by atoms with Gasteiger partial charge in [0.1, 0.15) is 5.75 Å². The normalized spacial score (nSPS) is 11.9. The number of carbonyl (C=O) groups is 1. The van der Waals surface area contributed by atoms with Crippen molar-refractivity contribution in [2.24, 2.45) is 0 Å². The van der Waals surface area contributed by atoms with Gasteiger partial charge in [0.05, 0.1) is 11.6 Å². The Balaban J connectivity index is 1.72. The summed E-state index contributed by atoms with van der Waals surface area (Å²) in [6.45, 7) is 3.64. The molecule has 2 aromatic carbocycles. The van der Waals surface area contributed by atoms with Crippen molar-refractivity contribution in [1.82, 2.24) is 15.5 Å². The second kappa shape index (κ2) is 8.41. The van der Waals surface area contributed by atoms with Crippen molar-refractivity contribution in [2.75, 3.05) is 0 Å². The zero-order chi connectivity index (χ0) is 19.4. The first-order chi connectivity index (χ1) is 12.9. The van der Waals surface area contributed by atoms with Crippen molar-refractivity contribution in [3.8, 4) is 5.75 Å². The zero-order valence-corrected chi connectivity index (χ0v) is 16.2. The Hall–Kier alpha value is -2.57. The molecular weight excluding hydrogens is 389 g/mol. The number of para-hydroxylation sites is 1. The van der Waals surface area contributed by atoms with Crippen LogP contribution in [0.4, 0.5) is 0 Å². The largest absolute Gasteiger partial charge is 0.485 e. The van der Waals surface area contributed by atoms with Gasteiger partial charge in [-0.25, -0.2) is 0 Å². The van der Waals surface area contributed by atoms with Gasteiger partial charge in [0, 0.05) is 17.0 Å². The van der Waals surface area contributed by atoms with Crippen molar-refractivity contribution in [2.45, 2.75) is 26.5 Å². The van der Waals surface area contributed by atoms with Gasteiger partial charge in [-0.15, -0.1) is 0 Å². The van der Waals surface area contributed by atoms with E-state index in [0.29, 0.717) is 33.1 Å². The van der Waals surface area contributed by atoms with E-state index in [9.17, 15) is 4.79 Å². The average molecular weight is 406 g/mol. The molecule has 3 aromatic rings. The summed E-state index contributed by atoms with van der Waals surface area (Å²) in [5, 5.41) is 7.72. The molecule has 27 heavy (non-hydrogen) atoms. The van der Waals surface area contributed by atoms with E-state index in [4.69, 9.17) is 32.5 Å². The molecule has 140 valence electrons. The lowest BCUT2D eigenvalue weighted by Crippen LogP contribution is -2.27. The fourth-order valence-corrected chi connectivity index (χ4v) is 3.10. The van der Waals surface area contributed by atoms with Gasteiger partial charge in [-0.2, -0.15) is 4.98 Å². The van der Waals surface area contributed by atoms with Crippen LogP contribution < -0.4 is 10.1 Å². The van der Waals surface area contributed by atoms with Gasteiger partial charge in [-0.1, -0.05) is 46.6 Å². The highest BCUT2D eigenvalue weighted by Gasteiger charge is 2.18. The molecule has 1 amide bonds. The minimum Gasteiger partial charge on any atom is -0.485 e. The van der Waals surface area contributed by atoms with Crippen molar-refractivity contribution in [3.05, 3.63) is 75.4 Å². The molecule has 0 saturated heterocycles. The summed E-state index contributed by atoms with van der Waals surface area (Å²) in [4.78, 5) is 16.8. The molecule has 0 fully saturated rings. The molecule has 0 saturated carbocycles. The molecule has 8 heteroatoms. The first kappa shape index (κ1) is 19.2. The van der Waals surface area contributed by atoms with Crippen molar-refractivity contribution >= 4 is 29.1 Å². The van der Waals surface area contributed by atoms with E-state index in [-0.39, 0.29) is 18.6 Å². The predicted octanol–water partition coefficient (Wildman–Crippen LogP) is 4.75. The van der Waals surface area contributed by atoms with E-state index < -0.39 is 0 Å². The number of carbonyl (C=O) groups excluding carboxylic acids is 1. The molecule has 0 radical (unpaired) electrons. The van der Waals surface area contributed by atoms with Crippen molar-refractivity contribution in [1.29, 1.82) is 0 Å². The Morgan fingerprint density at radius 3 is 2.74 bits per heavy atom. The van der Waals surface area contributed by atoms with Gasteiger partial charge in [-0.3, -0.25) is 4.79 Å². The number of halogens is 2. The van der Waals surface area contributed by atoms with Crippen LogP contribution in [0.25, 0.3) is 0 Å². The van der Waals surface area contributed by atoms with E-state index in [1.165, 1.54) is 0 Å². The predicted molar refractivity (Wildman–Crippen MR) is 102 cm³/mol. The number of hydrogen-bond donors (Lipinski definition) is 1. The number of nitrogens with zero attached hydrogens (tertiary/aromatic N) is 2. The van der Waals surface area contributed by atoms with Gasteiger partial charge in [0.15, 0.2) is 6.61 Å². The Bertz CT molecular complexity index is 959. The molecule has 0 aliphatic heterocycles. The number of ether oxygens (including phenoxy) is 1. The number of nitrogens with one attached hydrogen (secondary N) is 1. The summed E-state index contributed by atoms with van der Waals surface area (Å²) in [6.07, 6.45) is 0. The number of benzene rings is 2. The highest BCUT2D eigenvalue weighted by Crippen LogP contribution is 2.27. The first-order valence-electron chi connectivity index (χ1n) is 8.21. The smallest absolute Gasteiger partial charge is 0.255 e. The molecule has 0 aliphatic carbocycles. The third-order valence-corrected chi connectivity index (χ3v) is 4.40. The Kier molecular flexibility index (Phi) is 5.98. The first-order valence-corrected chi connectivity index (χ1v) is 8.96. The number of amides is 1. The lowest BCUT2D eigenvalue weighted by molar-refractivity contribution is 0.0935. The summed E-state index contributed by atoms with van der Waals surface area (Å²) < 4.78 is 10.6. The molecule has 1 N–H and O–H groups in total. The maximum absolute atomic E-state index is 12.7. The van der Waals surface area contributed by atoms with E-state index in [2.05, 4.69) is 15.5 Å². The lowest BCUT2D eigenvalue weighted by Gasteiger charge is -2.17. The summed E-state index contributed by atoms with van der Waals surface area (Å²) in [6, 6.07) is 11.8. The highest BCUT2D eigenvalue weighted by atomic mass is 35.5. The number of rotatable bonds is 6. The summed E-state index contributed by atoms with van der Waals surface area (Å²) in [5.74, 6) is 0.998.